The number of furan rings is 1. The average Bonchev–Trinajstić information content (AvgIpc) is 3.24. The van der Waals surface area contributed by atoms with Crippen molar-refractivity contribution in [3.63, 3.8) is 0 Å². The van der Waals surface area contributed by atoms with Crippen LogP contribution in [0.5, 0.6) is 11.5 Å². The Hall–Kier alpha value is -3.26. The van der Waals surface area contributed by atoms with Crippen molar-refractivity contribution in [2.75, 3.05) is 13.7 Å². The third kappa shape index (κ3) is 5.88. The fourth-order valence-electron chi connectivity index (χ4n) is 2.90. The molecule has 3 aromatic rings. The number of rotatable bonds is 10. The molecule has 1 aromatic heterocycles. The van der Waals surface area contributed by atoms with Crippen LogP contribution in [0.25, 0.3) is 0 Å². The second kappa shape index (κ2) is 10.2. The van der Waals surface area contributed by atoms with Crippen LogP contribution in [0.4, 0.5) is 0 Å². The first-order valence-electron chi connectivity index (χ1n) is 9.87. The lowest BCUT2D eigenvalue weighted by atomic mass is 10.2. The molecule has 0 saturated carbocycles. The van der Waals surface area contributed by atoms with Crippen LogP contribution in [-0.4, -0.2) is 28.0 Å². The first kappa shape index (κ1) is 22.4. The number of carbonyl (C=O) groups is 1. The fourth-order valence-corrected chi connectivity index (χ4v) is 4.17. The molecule has 1 N–H and O–H groups in total. The molecule has 0 aliphatic heterocycles. The summed E-state index contributed by atoms with van der Waals surface area (Å²) >= 11 is 0. The van der Waals surface area contributed by atoms with Gasteiger partial charge in [0.2, 0.25) is 0 Å². The second-order valence-corrected chi connectivity index (χ2v) is 8.84. The lowest BCUT2D eigenvalue weighted by Gasteiger charge is -2.12. The van der Waals surface area contributed by atoms with Crippen molar-refractivity contribution in [2.45, 2.75) is 30.5 Å². The van der Waals surface area contributed by atoms with Gasteiger partial charge in [0.15, 0.2) is 27.1 Å². The quantitative estimate of drug-likeness (QED) is 0.509. The zero-order valence-electron chi connectivity index (χ0n) is 17.5. The standard InChI is InChI=1S/C23H25NO6S/c1-3-13-29-20-11-9-17(14-22(20)28-2)15-24-23(25)21-12-10-18(30-21)16-31(26,27)19-7-5-4-6-8-19/h4-12,14H,3,13,15-16H2,1-2H3,(H,24,25). The molecule has 0 atom stereocenters. The Morgan fingerprint density at radius 2 is 1.81 bits per heavy atom. The minimum Gasteiger partial charge on any atom is -0.493 e. The molecule has 0 bridgehead atoms. The van der Waals surface area contributed by atoms with E-state index in [1.165, 1.54) is 24.3 Å². The van der Waals surface area contributed by atoms with E-state index in [1.807, 2.05) is 13.0 Å². The Morgan fingerprint density at radius 1 is 1.03 bits per heavy atom. The maximum absolute atomic E-state index is 12.5. The van der Waals surface area contributed by atoms with Crippen molar-refractivity contribution < 1.29 is 27.1 Å². The van der Waals surface area contributed by atoms with E-state index < -0.39 is 15.7 Å². The summed E-state index contributed by atoms with van der Waals surface area (Å²) in [6.07, 6.45) is 0.888. The lowest BCUT2D eigenvalue weighted by molar-refractivity contribution is 0.0921. The second-order valence-electron chi connectivity index (χ2n) is 6.85. The summed E-state index contributed by atoms with van der Waals surface area (Å²) in [5.74, 6) is 0.733. The minimum absolute atomic E-state index is 0.0492. The van der Waals surface area contributed by atoms with E-state index >= 15 is 0 Å². The number of hydrogen-bond donors (Lipinski definition) is 1. The topological polar surface area (TPSA) is 94.8 Å². The monoisotopic (exact) mass is 443 g/mol. The van der Waals surface area contributed by atoms with Gasteiger partial charge in [0, 0.05) is 6.54 Å². The van der Waals surface area contributed by atoms with E-state index in [-0.39, 0.29) is 28.7 Å². The number of methoxy groups -OCH3 is 1. The SMILES string of the molecule is CCCOc1ccc(CNC(=O)c2ccc(CS(=O)(=O)c3ccccc3)o2)cc1OC. The third-order valence-corrected chi connectivity index (χ3v) is 6.12. The van der Waals surface area contributed by atoms with E-state index in [9.17, 15) is 13.2 Å². The molecular formula is C23H25NO6S. The molecule has 0 saturated heterocycles. The normalized spacial score (nSPS) is 11.2. The van der Waals surface area contributed by atoms with Gasteiger partial charge in [-0.2, -0.15) is 0 Å². The molecule has 31 heavy (non-hydrogen) atoms. The number of benzene rings is 2. The summed E-state index contributed by atoms with van der Waals surface area (Å²) in [7, 11) is -1.99. The van der Waals surface area contributed by atoms with Crippen molar-refractivity contribution in [3.05, 3.63) is 77.7 Å². The van der Waals surface area contributed by atoms with Crippen LogP contribution >= 0.6 is 0 Å². The summed E-state index contributed by atoms with van der Waals surface area (Å²) in [5.41, 5.74) is 0.826. The Bertz CT molecular complexity index is 1120. The molecule has 1 heterocycles. The van der Waals surface area contributed by atoms with Gasteiger partial charge in [-0.25, -0.2) is 8.42 Å². The summed E-state index contributed by atoms with van der Waals surface area (Å²) in [4.78, 5) is 12.6. The molecule has 0 radical (unpaired) electrons. The smallest absolute Gasteiger partial charge is 0.287 e. The molecule has 7 nitrogen and oxygen atoms in total. The van der Waals surface area contributed by atoms with Gasteiger partial charge in [-0.15, -0.1) is 0 Å². The lowest BCUT2D eigenvalue weighted by Crippen LogP contribution is -2.22. The molecule has 0 aliphatic carbocycles. The van der Waals surface area contributed by atoms with Gasteiger partial charge in [0.1, 0.15) is 11.5 Å². The first-order valence-corrected chi connectivity index (χ1v) is 11.5. The summed E-state index contributed by atoms with van der Waals surface area (Å²) in [6.45, 7) is 2.86. The molecule has 8 heteroatoms. The first-order chi connectivity index (χ1) is 14.9. The predicted octanol–water partition coefficient (Wildman–Crippen LogP) is 3.98. The molecule has 1 amide bonds. The van der Waals surface area contributed by atoms with Gasteiger partial charge >= 0.3 is 0 Å². The molecule has 0 aliphatic rings. The van der Waals surface area contributed by atoms with Gasteiger partial charge in [-0.05, 0) is 48.4 Å². The summed E-state index contributed by atoms with van der Waals surface area (Å²) in [5, 5.41) is 2.76. The van der Waals surface area contributed by atoms with Crippen LogP contribution in [0.1, 0.15) is 35.2 Å². The van der Waals surface area contributed by atoms with Crippen LogP contribution in [0, 0.1) is 0 Å². The minimum atomic E-state index is -3.55. The van der Waals surface area contributed by atoms with E-state index in [0.717, 1.165) is 12.0 Å². The maximum Gasteiger partial charge on any atom is 0.287 e. The molecule has 0 unspecified atom stereocenters. The van der Waals surface area contributed by atoms with E-state index in [4.69, 9.17) is 13.9 Å². The van der Waals surface area contributed by atoms with Gasteiger partial charge < -0.3 is 19.2 Å². The van der Waals surface area contributed by atoms with Crippen LogP contribution < -0.4 is 14.8 Å². The average molecular weight is 444 g/mol. The van der Waals surface area contributed by atoms with E-state index in [0.29, 0.717) is 18.1 Å². The highest BCUT2D eigenvalue weighted by molar-refractivity contribution is 7.90. The Labute approximate surface area is 181 Å². The van der Waals surface area contributed by atoms with Gasteiger partial charge in [-0.1, -0.05) is 31.2 Å². The Balaban J connectivity index is 1.61. The number of carbonyl (C=O) groups excluding carboxylic acids is 1. The van der Waals surface area contributed by atoms with E-state index in [2.05, 4.69) is 5.32 Å². The van der Waals surface area contributed by atoms with Gasteiger partial charge in [0.25, 0.3) is 5.91 Å². The molecule has 2 aromatic carbocycles. The zero-order valence-corrected chi connectivity index (χ0v) is 18.3. The number of sulfone groups is 1. The molecule has 0 fully saturated rings. The number of amides is 1. The fraction of sp³-hybridized carbons (Fsp3) is 0.261. The number of hydrogen-bond acceptors (Lipinski definition) is 6. The van der Waals surface area contributed by atoms with Gasteiger partial charge in [0.05, 0.1) is 18.6 Å². The highest BCUT2D eigenvalue weighted by Crippen LogP contribution is 2.28. The zero-order chi connectivity index (χ0) is 22.3. The van der Waals surface area contributed by atoms with Crippen molar-refractivity contribution in [1.29, 1.82) is 0 Å². The number of nitrogens with one attached hydrogen (secondary N) is 1. The largest absolute Gasteiger partial charge is 0.493 e. The number of ether oxygens (including phenoxy) is 2. The molecule has 0 spiro atoms. The Morgan fingerprint density at radius 3 is 2.52 bits per heavy atom. The molecular weight excluding hydrogens is 418 g/mol. The van der Waals surface area contributed by atoms with Crippen molar-refractivity contribution >= 4 is 15.7 Å². The van der Waals surface area contributed by atoms with Crippen LogP contribution in [-0.2, 0) is 22.1 Å². The van der Waals surface area contributed by atoms with E-state index in [1.54, 1.807) is 37.4 Å². The van der Waals surface area contributed by atoms with Gasteiger partial charge in [-0.3, -0.25) is 4.79 Å². The van der Waals surface area contributed by atoms with Crippen LogP contribution in [0.2, 0.25) is 0 Å². The van der Waals surface area contributed by atoms with Crippen LogP contribution in [0.15, 0.2) is 70.0 Å². The highest BCUT2D eigenvalue weighted by Gasteiger charge is 2.19. The summed E-state index contributed by atoms with van der Waals surface area (Å²) < 4.78 is 41.4. The maximum atomic E-state index is 12.5. The summed E-state index contributed by atoms with van der Waals surface area (Å²) in [6, 6.07) is 16.5. The molecule has 3 rings (SSSR count). The van der Waals surface area contributed by atoms with Crippen molar-refractivity contribution in [2.24, 2.45) is 0 Å². The van der Waals surface area contributed by atoms with Crippen molar-refractivity contribution in [3.8, 4) is 11.5 Å². The van der Waals surface area contributed by atoms with Crippen LogP contribution in [0.3, 0.4) is 0 Å². The third-order valence-electron chi connectivity index (χ3n) is 4.46. The molecule has 164 valence electrons. The Kier molecular flexibility index (Phi) is 7.36. The predicted molar refractivity (Wildman–Crippen MR) is 116 cm³/mol. The highest BCUT2D eigenvalue weighted by atomic mass is 32.2. The van der Waals surface area contributed by atoms with Crippen molar-refractivity contribution in [1.82, 2.24) is 5.32 Å².